The van der Waals surface area contributed by atoms with E-state index in [-0.39, 0.29) is 18.1 Å². The molecule has 1 aromatic rings. The van der Waals surface area contributed by atoms with Crippen LogP contribution in [0.4, 0.5) is 0 Å². The molecular formula is C11H19N3O2. The van der Waals surface area contributed by atoms with Gasteiger partial charge in [0.05, 0.1) is 13.7 Å². The van der Waals surface area contributed by atoms with Gasteiger partial charge in [0, 0.05) is 17.9 Å². The van der Waals surface area contributed by atoms with Crippen LogP contribution in [0.25, 0.3) is 0 Å². The molecule has 0 saturated carbocycles. The van der Waals surface area contributed by atoms with Gasteiger partial charge in [0.25, 0.3) is 0 Å². The van der Waals surface area contributed by atoms with Crippen molar-refractivity contribution in [3.8, 4) is 0 Å². The second kappa shape index (κ2) is 5.12. The van der Waals surface area contributed by atoms with Gasteiger partial charge in [0.1, 0.15) is 12.4 Å². The van der Waals surface area contributed by atoms with Crippen molar-refractivity contribution in [2.24, 2.45) is 0 Å². The van der Waals surface area contributed by atoms with Gasteiger partial charge in [-0.1, -0.05) is 0 Å². The number of aromatic nitrogens is 2. The second-order valence-electron chi connectivity index (χ2n) is 4.65. The molecule has 5 heteroatoms. The first-order valence-electron chi connectivity index (χ1n) is 5.24. The minimum atomic E-state index is -0.269. The largest absolute Gasteiger partial charge is 0.468 e. The van der Waals surface area contributed by atoms with Gasteiger partial charge in [0.2, 0.25) is 0 Å². The normalized spacial score (nSPS) is 11.5. The van der Waals surface area contributed by atoms with E-state index in [0.717, 1.165) is 5.82 Å². The van der Waals surface area contributed by atoms with Crippen LogP contribution in [0.2, 0.25) is 0 Å². The van der Waals surface area contributed by atoms with Crippen LogP contribution in [0.15, 0.2) is 12.4 Å². The molecule has 1 aromatic heterocycles. The molecule has 1 rings (SSSR count). The van der Waals surface area contributed by atoms with E-state index < -0.39 is 0 Å². The number of rotatable bonds is 4. The second-order valence-corrected chi connectivity index (χ2v) is 4.65. The van der Waals surface area contributed by atoms with Crippen molar-refractivity contribution in [2.45, 2.75) is 39.4 Å². The highest BCUT2D eigenvalue weighted by Gasteiger charge is 2.12. The van der Waals surface area contributed by atoms with Crippen LogP contribution >= 0.6 is 0 Å². The number of carbonyl (C=O) groups excluding carboxylic acids is 1. The van der Waals surface area contributed by atoms with Crippen LogP contribution in [0.5, 0.6) is 0 Å². The van der Waals surface area contributed by atoms with E-state index in [9.17, 15) is 4.79 Å². The number of ether oxygens (including phenoxy) is 1. The minimum absolute atomic E-state index is 0.0298. The van der Waals surface area contributed by atoms with Crippen molar-refractivity contribution in [1.82, 2.24) is 14.9 Å². The predicted octanol–water partition coefficient (Wildman–Crippen LogP) is 0.944. The van der Waals surface area contributed by atoms with Crippen LogP contribution in [-0.4, -0.2) is 28.2 Å². The Morgan fingerprint density at radius 1 is 1.56 bits per heavy atom. The van der Waals surface area contributed by atoms with Crippen LogP contribution in [0.1, 0.15) is 26.6 Å². The Balaban J connectivity index is 2.60. The van der Waals surface area contributed by atoms with Gasteiger partial charge >= 0.3 is 5.97 Å². The number of nitrogens with one attached hydrogen (secondary N) is 1. The van der Waals surface area contributed by atoms with Crippen molar-refractivity contribution in [3.63, 3.8) is 0 Å². The van der Waals surface area contributed by atoms with Gasteiger partial charge in [-0.3, -0.25) is 4.79 Å². The van der Waals surface area contributed by atoms with Gasteiger partial charge < -0.3 is 14.6 Å². The number of methoxy groups -OCH3 is 1. The lowest BCUT2D eigenvalue weighted by molar-refractivity contribution is -0.141. The topological polar surface area (TPSA) is 56.2 Å². The molecule has 90 valence electrons. The molecule has 0 aliphatic heterocycles. The van der Waals surface area contributed by atoms with Crippen LogP contribution in [0, 0.1) is 0 Å². The molecule has 0 radical (unpaired) electrons. The first-order chi connectivity index (χ1) is 7.42. The minimum Gasteiger partial charge on any atom is -0.468 e. The van der Waals surface area contributed by atoms with Crippen molar-refractivity contribution in [1.29, 1.82) is 0 Å². The Kier molecular flexibility index (Phi) is 4.06. The fourth-order valence-corrected chi connectivity index (χ4v) is 1.20. The maximum absolute atomic E-state index is 11.1. The summed E-state index contributed by atoms with van der Waals surface area (Å²) in [6.45, 7) is 7.09. The van der Waals surface area contributed by atoms with Crippen LogP contribution < -0.4 is 5.32 Å². The fraction of sp³-hybridized carbons (Fsp3) is 0.636. The first kappa shape index (κ1) is 12.7. The summed E-state index contributed by atoms with van der Waals surface area (Å²) >= 11 is 0. The SMILES string of the molecule is COC(=O)Cn1ccnc1CNC(C)(C)C. The molecule has 0 aromatic carbocycles. The molecular weight excluding hydrogens is 206 g/mol. The number of hydrogen-bond donors (Lipinski definition) is 1. The number of hydrogen-bond acceptors (Lipinski definition) is 4. The number of esters is 1. The average molecular weight is 225 g/mol. The Morgan fingerprint density at radius 2 is 2.25 bits per heavy atom. The molecule has 0 bridgehead atoms. The highest BCUT2D eigenvalue weighted by atomic mass is 16.5. The van der Waals surface area contributed by atoms with Crippen molar-refractivity contribution >= 4 is 5.97 Å². The van der Waals surface area contributed by atoms with Crippen LogP contribution in [-0.2, 0) is 22.6 Å². The van der Waals surface area contributed by atoms with E-state index in [1.807, 2.05) is 0 Å². The lowest BCUT2D eigenvalue weighted by Crippen LogP contribution is -2.36. The smallest absolute Gasteiger partial charge is 0.325 e. The van der Waals surface area contributed by atoms with E-state index in [1.165, 1.54) is 7.11 Å². The number of carbonyl (C=O) groups is 1. The molecule has 5 nitrogen and oxygen atoms in total. The van der Waals surface area contributed by atoms with Gasteiger partial charge in [-0.25, -0.2) is 4.98 Å². The van der Waals surface area contributed by atoms with Gasteiger partial charge in [-0.2, -0.15) is 0 Å². The maximum Gasteiger partial charge on any atom is 0.325 e. The van der Waals surface area contributed by atoms with Crippen molar-refractivity contribution < 1.29 is 9.53 Å². The van der Waals surface area contributed by atoms with Gasteiger partial charge in [-0.15, -0.1) is 0 Å². The van der Waals surface area contributed by atoms with E-state index in [4.69, 9.17) is 0 Å². The molecule has 0 aliphatic carbocycles. The fourth-order valence-electron chi connectivity index (χ4n) is 1.20. The van der Waals surface area contributed by atoms with E-state index in [2.05, 4.69) is 35.8 Å². The van der Waals surface area contributed by atoms with Gasteiger partial charge in [-0.05, 0) is 20.8 Å². The molecule has 0 fully saturated rings. The Bertz CT molecular complexity index is 352. The molecule has 1 heterocycles. The summed E-state index contributed by atoms with van der Waals surface area (Å²) in [4.78, 5) is 15.3. The van der Waals surface area contributed by atoms with E-state index in [1.54, 1.807) is 17.0 Å². The summed E-state index contributed by atoms with van der Waals surface area (Å²) in [5.41, 5.74) is 0.0298. The molecule has 16 heavy (non-hydrogen) atoms. The predicted molar refractivity (Wildman–Crippen MR) is 60.8 cm³/mol. The quantitative estimate of drug-likeness (QED) is 0.775. The molecule has 0 unspecified atom stereocenters. The summed E-state index contributed by atoms with van der Waals surface area (Å²) in [7, 11) is 1.38. The molecule has 0 saturated heterocycles. The highest BCUT2D eigenvalue weighted by molar-refractivity contribution is 5.69. The first-order valence-corrected chi connectivity index (χ1v) is 5.24. The van der Waals surface area contributed by atoms with Gasteiger partial charge in [0.15, 0.2) is 0 Å². The molecule has 0 atom stereocenters. The Labute approximate surface area is 95.8 Å². The average Bonchev–Trinajstić information content (AvgIpc) is 2.61. The zero-order chi connectivity index (χ0) is 12.2. The lowest BCUT2D eigenvalue weighted by Gasteiger charge is -2.20. The maximum atomic E-state index is 11.1. The monoisotopic (exact) mass is 225 g/mol. The van der Waals surface area contributed by atoms with Crippen LogP contribution in [0.3, 0.4) is 0 Å². The lowest BCUT2D eigenvalue weighted by atomic mass is 10.1. The van der Waals surface area contributed by atoms with Crippen molar-refractivity contribution in [2.75, 3.05) is 7.11 Å². The van der Waals surface area contributed by atoms with E-state index >= 15 is 0 Å². The zero-order valence-electron chi connectivity index (χ0n) is 10.3. The summed E-state index contributed by atoms with van der Waals surface area (Å²) in [6, 6.07) is 0. The summed E-state index contributed by atoms with van der Waals surface area (Å²) in [6.07, 6.45) is 3.46. The molecule has 0 amide bonds. The van der Waals surface area contributed by atoms with E-state index in [0.29, 0.717) is 6.54 Å². The summed E-state index contributed by atoms with van der Waals surface area (Å²) in [5.74, 6) is 0.565. The molecule has 1 N–H and O–H groups in total. The third kappa shape index (κ3) is 4.02. The number of imidazole rings is 1. The standard InChI is InChI=1S/C11H19N3O2/c1-11(2,3)13-7-9-12-5-6-14(9)8-10(15)16-4/h5-6,13H,7-8H2,1-4H3. The zero-order valence-corrected chi connectivity index (χ0v) is 10.3. The third-order valence-electron chi connectivity index (χ3n) is 2.11. The summed E-state index contributed by atoms with van der Waals surface area (Å²) < 4.78 is 6.40. The highest BCUT2D eigenvalue weighted by Crippen LogP contribution is 2.03. The summed E-state index contributed by atoms with van der Waals surface area (Å²) in [5, 5.41) is 3.32. The molecule has 0 spiro atoms. The Morgan fingerprint density at radius 3 is 2.81 bits per heavy atom. The number of nitrogens with zero attached hydrogens (tertiary/aromatic N) is 2. The molecule has 0 aliphatic rings. The third-order valence-corrected chi connectivity index (χ3v) is 2.11. The Hall–Kier alpha value is -1.36. The van der Waals surface area contributed by atoms with Crippen molar-refractivity contribution in [3.05, 3.63) is 18.2 Å².